The summed E-state index contributed by atoms with van der Waals surface area (Å²) in [5.74, 6) is 0. The average molecular weight is 277 g/mol. The maximum atomic E-state index is 11.3. The van der Waals surface area contributed by atoms with E-state index in [2.05, 4.69) is 29.5 Å². The molecule has 0 bridgehead atoms. The van der Waals surface area contributed by atoms with Crippen LogP contribution in [0.15, 0.2) is 17.1 Å². The molecule has 0 aromatic carbocycles. The summed E-state index contributed by atoms with van der Waals surface area (Å²) in [6.45, 7) is 4.84. The first-order valence-electron chi connectivity index (χ1n) is 4.01. The summed E-state index contributed by atoms with van der Waals surface area (Å²) >= 11 is 2.25. The van der Waals surface area contributed by atoms with Crippen molar-refractivity contribution < 1.29 is 0 Å². The van der Waals surface area contributed by atoms with Gasteiger partial charge in [0.25, 0.3) is 5.56 Å². The molecule has 66 valence electrons. The molecule has 2 nitrogen and oxygen atoms in total. The lowest BCUT2D eigenvalue weighted by Crippen LogP contribution is -2.19. The van der Waals surface area contributed by atoms with Crippen LogP contribution in [0.4, 0.5) is 0 Å². The van der Waals surface area contributed by atoms with Crippen LogP contribution < -0.4 is 5.56 Å². The number of hydrogen-bond donors (Lipinski definition) is 0. The van der Waals surface area contributed by atoms with Crippen molar-refractivity contribution in [3.8, 4) is 0 Å². The maximum Gasteiger partial charge on any atom is 0.250 e. The Balaban J connectivity index is 3.14. The minimum absolute atomic E-state index is 0.106. The molecule has 0 aliphatic rings. The van der Waals surface area contributed by atoms with Crippen LogP contribution in [0, 0.1) is 10.5 Å². The Kier molecular flexibility index (Phi) is 3.31. The number of pyridine rings is 1. The molecular formula is C9H12INO. The van der Waals surface area contributed by atoms with Gasteiger partial charge in [-0.15, -0.1) is 0 Å². The van der Waals surface area contributed by atoms with E-state index < -0.39 is 0 Å². The second-order valence-corrected chi connectivity index (χ2v) is 4.00. The normalized spacial score (nSPS) is 10.2. The SMILES string of the molecule is CCCn1cc(I)c(C)cc1=O. The van der Waals surface area contributed by atoms with Gasteiger partial charge in [-0.3, -0.25) is 4.79 Å². The summed E-state index contributed by atoms with van der Waals surface area (Å²) in [6.07, 6.45) is 2.92. The summed E-state index contributed by atoms with van der Waals surface area (Å²) in [7, 11) is 0. The zero-order valence-electron chi connectivity index (χ0n) is 7.30. The molecule has 0 atom stereocenters. The fourth-order valence-electron chi connectivity index (χ4n) is 1.05. The lowest BCUT2D eigenvalue weighted by Gasteiger charge is -2.05. The van der Waals surface area contributed by atoms with Gasteiger partial charge in [0.05, 0.1) is 0 Å². The van der Waals surface area contributed by atoms with Crippen molar-refractivity contribution in [1.29, 1.82) is 0 Å². The molecule has 0 spiro atoms. The third-order valence-electron chi connectivity index (χ3n) is 1.73. The van der Waals surface area contributed by atoms with Gasteiger partial charge in [-0.1, -0.05) is 6.92 Å². The van der Waals surface area contributed by atoms with E-state index in [0.717, 1.165) is 22.1 Å². The van der Waals surface area contributed by atoms with Gasteiger partial charge in [-0.05, 0) is 41.5 Å². The van der Waals surface area contributed by atoms with Gasteiger partial charge >= 0.3 is 0 Å². The first-order valence-corrected chi connectivity index (χ1v) is 5.09. The van der Waals surface area contributed by atoms with E-state index in [1.54, 1.807) is 10.6 Å². The summed E-state index contributed by atoms with van der Waals surface area (Å²) < 4.78 is 2.91. The lowest BCUT2D eigenvalue weighted by molar-refractivity contribution is 0.650. The van der Waals surface area contributed by atoms with E-state index in [4.69, 9.17) is 0 Å². The first kappa shape index (κ1) is 9.77. The molecule has 3 heteroatoms. The molecule has 0 N–H and O–H groups in total. The zero-order chi connectivity index (χ0) is 9.14. The predicted molar refractivity (Wildman–Crippen MR) is 58.4 cm³/mol. The van der Waals surface area contributed by atoms with Gasteiger partial charge < -0.3 is 4.57 Å². The van der Waals surface area contributed by atoms with Crippen molar-refractivity contribution in [1.82, 2.24) is 4.57 Å². The largest absolute Gasteiger partial charge is 0.314 e. The van der Waals surface area contributed by atoms with Gasteiger partial charge in [0.15, 0.2) is 0 Å². The van der Waals surface area contributed by atoms with Crippen LogP contribution in [0.5, 0.6) is 0 Å². The number of hydrogen-bond acceptors (Lipinski definition) is 1. The lowest BCUT2D eigenvalue weighted by atomic mass is 10.3. The highest BCUT2D eigenvalue weighted by atomic mass is 127. The van der Waals surface area contributed by atoms with E-state index in [-0.39, 0.29) is 5.56 Å². The highest BCUT2D eigenvalue weighted by molar-refractivity contribution is 14.1. The monoisotopic (exact) mass is 277 g/mol. The molecule has 0 aliphatic heterocycles. The van der Waals surface area contributed by atoms with E-state index >= 15 is 0 Å². The molecule has 0 amide bonds. The number of aromatic nitrogens is 1. The fraction of sp³-hybridized carbons (Fsp3) is 0.444. The van der Waals surface area contributed by atoms with Crippen LogP contribution in [0.2, 0.25) is 0 Å². The molecule has 1 aromatic heterocycles. The van der Waals surface area contributed by atoms with Crippen LogP contribution in [0.3, 0.4) is 0 Å². The summed E-state index contributed by atoms with van der Waals surface area (Å²) in [6, 6.07) is 1.69. The second kappa shape index (κ2) is 4.07. The molecule has 0 aliphatic carbocycles. The zero-order valence-corrected chi connectivity index (χ0v) is 9.46. The Labute approximate surface area is 85.7 Å². The topological polar surface area (TPSA) is 22.0 Å². The Bertz CT molecular complexity index is 330. The van der Waals surface area contributed by atoms with Crippen molar-refractivity contribution in [3.05, 3.63) is 31.8 Å². The molecule has 12 heavy (non-hydrogen) atoms. The number of halogens is 1. The van der Waals surface area contributed by atoms with Crippen molar-refractivity contribution in [3.63, 3.8) is 0 Å². The van der Waals surface area contributed by atoms with E-state index in [1.165, 1.54) is 0 Å². The molecule has 1 aromatic rings. The van der Waals surface area contributed by atoms with E-state index in [9.17, 15) is 4.79 Å². The Morgan fingerprint density at radius 3 is 2.83 bits per heavy atom. The third kappa shape index (κ3) is 2.09. The fourth-order valence-corrected chi connectivity index (χ4v) is 1.55. The van der Waals surface area contributed by atoms with Gasteiger partial charge in [-0.2, -0.15) is 0 Å². The van der Waals surface area contributed by atoms with Crippen molar-refractivity contribution in [2.24, 2.45) is 0 Å². The molecule has 0 saturated heterocycles. The van der Waals surface area contributed by atoms with E-state index in [1.807, 2.05) is 13.1 Å². The Morgan fingerprint density at radius 1 is 1.58 bits per heavy atom. The molecule has 0 saturated carbocycles. The predicted octanol–water partition coefficient (Wildman–Crippen LogP) is 2.17. The summed E-state index contributed by atoms with van der Waals surface area (Å²) in [5.41, 5.74) is 1.17. The van der Waals surface area contributed by atoms with E-state index in [0.29, 0.717) is 0 Å². The second-order valence-electron chi connectivity index (χ2n) is 2.84. The molecule has 1 heterocycles. The summed E-state index contributed by atoms with van der Waals surface area (Å²) in [4.78, 5) is 11.3. The minimum Gasteiger partial charge on any atom is -0.314 e. The highest BCUT2D eigenvalue weighted by Crippen LogP contribution is 2.07. The molecule has 1 rings (SSSR count). The molecular weight excluding hydrogens is 265 g/mol. The van der Waals surface area contributed by atoms with Crippen LogP contribution in [0.1, 0.15) is 18.9 Å². The summed E-state index contributed by atoms with van der Waals surface area (Å²) in [5, 5.41) is 0. The average Bonchev–Trinajstić information content (AvgIpc) is 2.01. The van der Waals surface area contributed by atoms with Crippen LogP contribution in [0.25, 0.3) is 0 Å². The van der Waals surface area contributed by atoms with Gasteiger partial charge in [0, 0.05) is 22.4 Å². The van der Waals surface area contributed by atoms with Crippen molar-refractivity contribution in [2.45, 2.75) is 26.8 Å². The van der Waals surface area contributed by atoms with Crippen molar-refractivity contribution in [2.75, 3.05) is 0 Å². The third-order valence-corrected chi connectivity index (χ3v) is 2.86. The molecule has 0 unspecified atom stereocenters. The number of rotatable bonds is 2. The van der Waals surface area contributed by atoms with Crippen LogP contribution in [-0.2, 0) is 6.54 Å². The Hall–Kier alpha value is -0.320. The minimum atomic E-state index is 0.106. The maximum absolute atomic E-state index is 11.3. The van der Waals surface area contributed by atoms with Crippen molar-refractivity contribution >= 4 is 22.6 Å². The Morgan fingerprint density at radius 2 is 2.25 bits per heavy atom. The first-order chi connectivity index (χ1) is 5.65. The number of nitrogens with zero attached hydrogens (tertiary/aromatic N) is 1. The quantitative estimate of drug-likeness (QED) is 0.759. The highest BCUT2D eigenvalue weighted by Gasteiger charge is 1.98. The standard InChI is InChI=1S/C9H12INO/c1-3-4-11-6-8(10)7(2)5-9(11)12/h5-6H,3-4H2,1-2H3. The van der Waals surface area contributed by atoms with Gasteiger partial charge in [0.2, 0.25) is 0 Å². The molecule has 0 radical (unpaired) electrons. The van der Waals surface area contributed by atoms with Crippen LogP contribution in [-0.4, -0.2) is 4.57 Å². The van der Waals surface area contributed by atoms with Crippen LogP contribution >= 0.6 is 22.6 Å². The smallest absolute Gasteiger partial charge is 0.250 e. The molecule has 0 fully saturated rings. The van der Waals surface area contributed by atoms with Gasteiger partial charge in [0.1, 0.15) is 0 Å². The van der Waals surface area contributed by atoms with Gasteiger partial charge in [-0.25, -0.2) is 0 Å². The number of aryl methyl sites for hydroxylation is 2.